The highest BCUT2D eigenvalue weighted by molar-refractivity contribution is 6.48. The van der Waals surface area contributed by atoms with E-state index >= 15 is 0 Å². The van der Waals surface area contributed by atoms with Gasteiger partial charge in [-0.3, -0.25) is 10.1 Å². The molecule has 0 heterocycles. The van der Waals surface area contributed by atoms with Crippen molar-refractivity contribution in [2.45, 2.75) is 12.1 Å². The standard InChI is InChI=1S/C17H10Cl3F4NO/c18-12-6-10(7-13(19)15(12)20)11(17(22,23)24)8-14(21)25-16(26)9-4-2-1-3-5-9/h1-8,11H,(H,25,26). The number of hydrogen-bond acceptors (Lipinski definition) is 1. The molecule has 2 nitrogen and oxygen atoms in total. The zero-order valence-electron chi connectivity index (χ0n) is 12.8. The second kappa shape index (κ2) is 8.29. The minimum atomic E-state index is -4.85. The Kier molecular flexibility index (Phi) is 6.55. The van der Waals surface area contributed by atoms with Crippen LogP contribution in [0.2, 0.25) is 15.1 Å². The number of amides is 1. The molecule has 1 N–H and O–H groups in total. The van der Waals surface area contributed by atoms with Crippen molar-refractivity contribution in [3.8, 4) is 0 Å². The van der Waals surface area contributed by atoms with Gasteiger partial charge >= 0.3 is 6.18 Å². The number of alkyl halides is 3. The molecule has 1 amide bonds. The molecular formula is C17H10Cl3F4NO. The maximum absolute atomic E-state index is 14.0. The Morgan fingerprint density at radius 3 is 2.08 bits per heavy atom. The average Bonchev–Trinajstić information content (AvgIpc) is 2.57. The summed E-state index contributed by atoms with van der Waals surface area (Å²) in [7, 11) is 0. The summed E-state index contributed by atoms with van der Waals surface area (Å²) in [5, 5.41) is 1.25. The highest BCUT2D eigenvalue weighted by atomic mass is 35.5. The third-order valence-electron chi connectivity index (χ3n) is 3.30. The van der Waals surface area contributed by atoms with Crippen LogP contribution in [0.1, 0.15) is 21.8 Å². The van der Waals surface area contributed by atoms with E-state index in [1.807, 2.05) is 0 Å². The van der Waals surface area contributed by atoms with Crippen LogP contribution in [0, 0.1) is 0 Å². The summed E-state index contributed by atoms with van der Waals surface area (Å²) < 4.78 is 54.1. The van der Waals surface area contributed by atoms with E-state index in [0.717, 1.165) is 12.1 Å². The van der Waals surface area contributed by atoms with Gasteiger partial charge in [0.2, 0.25) is 0 Å². The van der Waals surface area contributed by atoms with Crippen molar-refractivity contribution < 1.29 is 22.4 Å². The Labute approximate surface area is 161 Å². The van der Waals surface area contributed by atoms with Crippen molar-refractivity contribution >= 4 is 40.7 Å². The number of hydrogen-bond donors (Lipinski definition) is 1. The minimum Gasteiger partial charge on any atom is -0.299 e. The quantitative estimate of drug-likeness (QED) is 0.336. The van der Waals surface area contributed by atoms with Crippen LogP contribution in [0.3, 0.4) is 0 Å². The summed E-state index contributed by atoms with van der Waals surface area (Å²) in [4.78, 5) is 11.8. The predicted molar refractivity (Wildman–Crippen MR) is 93.4 cm³/mol. The lowest BCUT2D eigenvalue weighted by Gasteiger charge is -2.18. The molecule has 9 heteroatoms. The Balaban J connectivity index is 2.33. The fourth-order valence-corrected chi connectivity index (χ4v) is 2.71. The van der Waals surface area contributed by atoms with Crippen molar-refractivity contribution in [3.63, 3.8) is 0 Å². The number of carbonyl (C=O) groups excluding carboxylic acids is 1. The zero-order chi connectivity index (χ0) is 19.5. The van der Waals surface area contributed by atoms with Gasteiger partial charge in [-0.05, 0) is 35.9 Å². The highest BCUT2D eigenvalue weighted by Gasteiger charge is 2.40. The van der Waals surface area contributed by atoms with Crippen LogP contribution < -0.4 is 5.32 Å². The normalized spacial score (nSPS) is 13.4. The van der Waals surface area contributed by atoms with E-state index in [4.69, 9.17) is 34.8 Å². The maximum Gasteiger partial charge on any atom is 0.399 e. The van der Waals surface area contributed by atoms with E-state index in [1.54, 1.807) is 11.4 Å². The number of allylic oxidation sites excluding steroid dienone is 1. The van der Waals surface area contributed by atoms with Crippen LogP contribution in [-0.4, -0.2) is 12.1 Å². The highest BCUT2D eigenvalue weighted by Crippen LogP contribution is 2.41. The van der Waals surface area contributed by atoms with Gasteiger partial charge < -0.3 is 0 Å². The second-order valence-corrected chi connectivity index (χ2v) is 6.34. The molecule has 0 aliphatic carbocycles. The molecule has 2 aromatic rings. The van der Waals surface area contributed by atoms with Gasteiger partial charge in [-0.1, -0.05) is 53.0 Å². The molecule has 138 valence electrons. The first-order valence-corrected chi connectivity index (χ1v) is 8.18. The Bertz CT molecular complexity index is 815. The molecule has 26 heavy (non-hydrogen) atoms. The summed E-state index contributed by atoms with van der Waals surface area (Å²) >= 11 is 17.2. The van der Waals surface area contributed by atoms with Gasteiger partial charge in [0, 0.05) is 5.56 Å². The Morgan fingerprint density at radius 2 is 1.58 bits per heavy atom. The van der Waals surface area contributed by atoms with Gasteiger partial charge in [0.1, 0.15) is 5.92 Å². The molecular weight excluding hydrogens is 417 g/mol. The monoisotopic (exact) mass is 425 g/mol. The number of nitrogens with one attached hydrogen (secondary N) is 1. The van der Waals surface area contributed by atoms with Crippen LogP contribution in [0.4, 0.5) is 17.6 Å². The lowest BCUT2D eigenvalue weighted by molar-refractivity contribution is -0.139. The summed E-state index contributed by atoms with van der Waals surface area (Å²) in [5.41, 5.74) is -0.321. The number of benzene rings is 2. The molecule has 1 atom stereocenters. The zero-order valence-corrected chi connectivity index (χ0v) is 15.0. The summed E-state index contributed by atoms with van der Waals surface area (Å²) in [6.07, 6.45) is -4.62. The van der Waals surface area contributed by atoms with Crippen LogP contribution in [0.25, 0.3) is 0 Å². The molecule has 0 fully saturated rings. The summed E-state index contributed by atoms with van der Waals surface area (Å²) in [5.74, 6) is -4.72. The van der Waals surface area contributed by atoms with E-state index < -0.39 is 29.5 Å². The molecule has 0 radical (unpaired) electrons. The molecule has 0 spiro atoms. The maximum atomic E-state index is 14.0. The second-order valence-electron chi connectivity index (χ2n) is 5.15. The van der Waals surface area contributed by atoms with E-state index in [9.17, 15) is 22.4 Å². The molecule has 1 unspecified atom stereocenters. The van der Waals surface area contributed by atoms with Gasteiger partial charge in [-0.2, -0.15) is 17.6 Å². The molecule has 0 saturated heterocycles. The first kappa shape index (κ1) is 20.6. The predicted octanol–water partition coefficient (Wildman–Crippen LogP) is 6.53. The van der Waals surface area contributed by atoms with Crippen LogP contribution in [0.15, 0.2) is 54.5 Å². The molecule has 0 saturated carbocycles. The van der Waals surface area contributed by atoms with Crippen molar-refractivity contribution in [1.82, 2.24) is 5.32 Å². The fraction of sp³-hybridized carbons (Fsp3) is 0.118. The Hall–Kier alpha value is -1.76. The first-order valence-electron chi connectivity index (χ1n) is 7.04. The van der Waals surface area contributed by atoms with E-state index in [-0.39, 0.29) is 26.7 Å². The number of carbonyl (C=O) groups is 1. The third kappa shape index (κ3) is 5.13. The van der Waals surface area contributed by atoms with E-state index in [0.29, 0.717) is 0 Å². The molecule has 0 aliphatic rings. The van der Waals surface area contributed by atoms with Gasteiger partial charge in [0.15, 0.2) is 5.95 Å². The van der Waals surface area contributed by atoms with Crippen molar-refractivity contribution in [1.29, 1.82) is 0 Å². The number of rotatable bonds is 4. The largest absolute Gasteiger partial charge is 0.399 e. The van der Waals surface area contributed by atoms with Gasteiger partial charge in [-0.25, -0.2) is 0 Å². The van der Waals surface area contributed by atoms with Crippen molar-refractivity contribution in [2.24, 2.45) is 0 Å². The molecule has 2 rings (SSSR count). The molecule has 0 aromatic heterocycles. The van der Waals surface area contributed by atoms with Crippen LogP contribution in [0.5, 0.6) is 0 Å². The summed E-state index contributed by atoms with van der Waals surface area (Å²) in [6.45, 7) is 0. The van der Waals surface area contributed by atoms with Gasteiger partial charge in [0.05, 0.1) is 15.1 Å². The molecule has 0 bridgehead atoms. The van der Waals surface area contributed by atoms with E-state index in [2.05, 4.69) is 0 Å². The van der Waals surface area contributed by atoms with Crippen molar-refractivity contribution in [2.75, 3.05) is 0 Å². The first-order chi connectivity index (χ1) is 12.1. The molecule has 2 aromatic carbocycles. The fourth-order valence-electron chi connectivity index (χ4n) is 2.09. The van der Waals surface area contributed by atoms with E-state index in [1.165, 1.54) is 24.3 Å². The third-order valence-corrected chi connectivity index (χ3v) is 4.50. The average molecular weight is 427 g/mol. The molecule has 0 aliphatic heterocycles. The van der Waals surface area contributed by atoms with Crippen molar-refractivity contribution in [3.05, 3.63) is 80.7 Å². The van der Waals surface area contributed by atoms with Crippen LogP contribution in [-0.2, 0) is 0 Å². The SMILES string of the molecule is O=C(NC(F)=CC(c1cc(Cl)c(Cl)c(Cl)c1)C(F)(F)F)c1ccccc1. The topological polar surface area (TPSA) is 29.1 Å². The lowest BCUT2D eigenvalue weighted by Crippen LogP contribution is -2.24. The minimum absolute atomic E-state index is 0.0946. The van der Waals surface area contributed by atoms with Gasteiger partial charge in [0.25, 0.3) is 5.91 Å². The smallest absolute Gasteiger partial charge is 0.299 e. The Morgan fingerprint density at radius 1 is 1.04 bits per heavy atom. The van der Waals surface area contributed by atoms with Gasteiger partial charge in [-0.15, -0.1) is 0 Å². The lowest BCUT2D eigenvalue weighted by atomic mass is 9.98. The number of halogens is 7. The summed E-state index contributed by atoms with van der Waals surface area (Å²) in [6, 6.07) is 9.37. The van der Waals surface area contributed by atoms with Crippen LogP contribution >= 0.6 is 34.8 Å².